The van der Waals surface area contributed by atoms with E-state index in [1.807, 2.05) is 19.1 Å². The monoisotopic (exact) mass is 160 g/mol. The lowest BCUT2D eigenvalue weighted by molar-refractivity contribution is -0.111. The quantitative estimate of drug-likeness (QED) is 0.343. The predicted octanol–water partition coefficient (Wildman–Crippen LogP) is 2.40. The van der Waals surface area contributed by atoms with Gasteiger partial charge in [0.1, 0.15) is 6.29 Å². The van der Waals surface area contributed by atoms with Gasteiger partial charge in [0.05, 0.1) is 0 Å². The second kappa shape index (κ2) is 6.81. The fourth-order valence-corrected chi connectivity index (χ4v) is 0.778. The lowest BCUT2D eigenvalue weighted by Gasteiger charge is -1.99. The Hall–Kier alpha value is -0.300. The minimum absolute atomic E-state index is 0.180. The van der Waals surface area contributed by atoms with Gasteiger partial charge in [-0.1, -0.05) is 19.1 Å². The molecule has 0 aliphatic carbocycles. The lowest BCUT2D eigenvalue weighted by atomic mass is 10.0. The maximum Gasteiger partial charge on any atom is 0.123 e. The first-order valence-electron chi connectivity index (χ1n) is 3.51. The molecular weight excluding hydrogens is 148 g/mol. The van der Waals surface area contributed by atoms with E-state index in [1.54, 1.807) is 0 Å². The maximum absolute atomic E-state index is 10.3. The van der Waals surface area contributed by atoms with Gasteiger partial charge in [-0.3, -0.25) is 0 Å². The van der Waals surface area contributed by atoms with Crippen LogP contribution in [0.2, 0.25) is 0 Å². The third-order valence-electron chi connectivity index (χ3n) is 1.41. The number of aldehydes is 1. The van der Waals surface area contributed by atoms with E-state index < -0.39 is 0 Å². The van der Waals surface area contributed by atoms with Gasteiger partial charge in [-0.05, 0) is 12.8 Å². The number of carbonyl (C=O) groups is 1. The molecule has 0 rings (SSSR count). The number of rotatable bonds is 5. The zero-order valence-electron chi connectivity index (χ0n) is 6.22. The number of allylic oxidation sites excluding steroid dienone is 2. The summed E-state index contributed by atoms with van der Waals surface area (Å²) in [6.45, 7) is 2.01. The van der Waals surface area contributed by atoms with Gasteiger partial charge in [-0.25, -0.2) is 0 Å². The second-order valence-corrected chi connectivity index (χ2v) is 2.47. The Balaban J connectivity index is 3.43. The third-order valence-corrected chi connectivity index (χ3v) is 1.59. The van der Waals surface area contributed by atoms with Gasteiger partial charge in [-0.15, -0.1) is 11.6 Å². The summed E-state index contributed by atoms with van der Waals surface area (Å²) in [7, 11) is 0. The van der Waals surface area contributed by atoms with Crippen LogP contribution in [0.3, 0.4) is 0 Å². The standard InChI is InChI=1S/C8H13ClO/c1-2-8(7-10)5-3-4-6-9/h3-4,7-8H,2,5-6H2,1H3. The average Bonchev–Trinajstić information content (AvgIpc) is 1.99. The van der Waals surface area contributed by atoms with E-state index in [-0.39, 0.29) is 5.92 Å². The summed E-state index contributed by atoms with van der Waals surface area (Å²) in [5.41, 5.74) is 0. The topological polar surface area (TPSA) is 17.1 Å². The SMILES string of the molecule is CCC(C=O)CC=CCCl. The lowest BCUT2D eigenvalue weighted by Crippen LogP contribution is -1.97. The van der Waals surface area contributed by atoms with Crippen molar-refractivity contribution in [2.75, 3.05) is 5.88 Å². The van der Waals surface area contributed by atoms with Gasteiger partial charge in [0.25, 0.3) is 0 Å². The van der Waals surface area contributed by atoms with Gasteiger partial charge in [0.15, 0.2) is 0 Å². The first-order valence-corrected chi connectivity index (χ1v) is 4.04. The van der Waals surface area contributed by atoms with Crippen LogP contribution in [-0.4, -0.2) is 12.2 Å². The number of alkyl halides is 1. The molecule has 0 aliphatic rings. The molecule has 10 heavy (non-hydrogen) atoms. The largest absolute Gasteiger partial charge is 0.303 e. The van der Waals surface area contributed by atoms with Crippen molar-refractivity contribution in [1.29, 1.82) is 0 Å². The number of hydrogen-bond acceptors (Lipinski definition) is 1. The van der Waals surface area contributed by atoms with Crippen molar-refractivity contribution in [3.05, 3.63) is 12.2 Å². The van der Waals surface area contributed by atoms with E-state index in [2.05, 4.69) is 0 Å². The average molecular weight is 161 g/mol. The van der Waals surface area contributed by atoms with Crippen LogP contribution in [-0.2, 0) is 4.79 Å². The van der Waals surface area contributed by atoms with E-state index in [0.29, 0.717) is 5.88 Å². The molecule has 0 bridgehead atoms. The Morgan fingerprint density at radius 3 is 2.60 bits per heavy atom. The summed E-state index contributed by atoms with van der Waals surface area (Å²) in [5, 5.41) is 0. The highest BCUT2D eigenvalue weighted by Gasteiger charge is 1.99. The smallest absolute Gasteiger partial charge is 0.123 e. The zero-order chi connectivity index (χ0) is 7.82. The van der Waals surface area contributed by atoms with Gasteiger partial charge in [0, 0.05) is 11.8 Å². The van der Waals surface area contributed by atoms with E-state index in [9.17, 15) is 4.79 Å². The van der Waals surface area contributed by atoms with E-state index in [0.717, 1.165) is 19.1 Å². The van der Waals surface area contributed by atoms with Gasteiger partial charge in [0.2, 0.25) is 0 Å². The summed E-state index contributed by atoms with van der Waals surface area (Å²) in [5.74, 6) is 0.717. The molecule has 0 aliphatic heterocycles. The summed E-state index contributed by atoms with van der Waals surface area (Å²) in [4.78, 5) is 10.3. The van der Waals surface area contributed by atoms with E-state index in [1.165, 1.54) is 0 Å². The van der Waals surface area contributed by atoms with Crippen LogP contribution in [0.1, 0.15) is 19.8 Å². The fourth-order valence-electron chi connectivity index (χ4n) is 0.652. The number of hydrogen-bond donors (Lipinski definition) is 0. The zero-order valence-corrected chi connectivity index (χ0v) is 6.97. The van der Waals surface area contributed by atoms with Gasteiger partial charge < -0.3 is 4.79 Å². The molecule has 0 saturated carbocycles. The van der Waals surface area contributed by atoms with Crippen LogP contribution >= 0.6 is 11.6 Å². The summed E-state index contributed by atoms with van der Waals surface area (Å²) >= 11 is 5.40. The Morgan fingerprint density at radius 2 is 2.20 bits per heavy atom. The van der Waals surface area contributed by atoms with Crippen molar-refractivity contribution in [2.45, 2.75) is 19.8 Å². The molecule has 58 valence electrons. The predicted molar refractivity (Wildman–Crippen MR) is 44.3 cm³/mol. The molecule has 0 aromatic carbocycles. The molecule has 1 atom stereocenters. The number of carbonyl (C=O) groups excluding carboxylic acids is 1. The van der Waals surface area contributed by atoms with Crippen LogP contribution < -0.4 is 0 Å². The van der Waals surface area contributed by atoms with Crippen molar-refractivity contribution in [3.63, 3.8) is 0 Å². The van der Waals surface area contributed by atoms with Crippen molar-refractivity contribution in [1.82, 2.24) is 0 Å². The molecule has 0 saturated heterocycles. The second-order valence-electron chi connectivity index (χ2n) is 2.17. The van der Waals surface area contributed by atoms with E-state index >= 15 is 0 Å². The summed E-state index contributed by atoms with van der Waals surface area (Å²) < 4.78 is 0. The molecule has 2 heteroatoms. The normalized spacial score (nSPS) is 13.8. The molecule has 0 N–H and O–H groups in total. The minimum Gasteiger partial charge on any atom is -0.303 e. The Labute approximate surface area is 67.1 Å². The molecule has 0 aromatic heterocycles. The molecule has 0 aromatic rings. The molecular formula is C8H13ClO. The molecule has 0 heterocycles. The maximum atomic E-state index is 10.3. The first kappa shape index (κ1) is 9.70. The number of halogens is 1. The fraction of sp³-hybridized carbons (Fsp3) is 0.625. The van der Waals surface area contributed by atoms with Gasteiger partial charge in [-0.2, -0.15) is 0 Å². The highest BCUT2D eigenvalue weighted by molar-refractivity contribution is 6.18. The Kier molecular flexibility index (Phi) is 6.61. The highest BCUT2D eigenvalue weighted by Crippen LogP contribution is 2.04. The summed E-state index contributed by atoms with van der Waals surface area (Å²) in [6, 6.07) is 0. The van der Waals surface area contributed by atoms with Crippen molar-refractivity contribution in [3.8, 4) is 0 Å². The molecule has 0 fully saturated rings. The van der Waals surface area contributed by atoms with Crippen LogP contribution in [0, 0.1) is 5.92 Å². The van der Waals surface area contributed by atoms with Crippen LogP contribution in [0.15, 0.2) is 12.2 Å². The third kappa shape index (κ3) is 4.57. The molecule has 0 amide bonds. The van der Waals surface area contributed by atoms with Gasteiger partial charge >= 0.3 is 0 Å². The van der Waals surface area contributed by atoms with Crippen molar-refractivity contribution < 1.29 is 4.79 Å². The summed E-state index contributed by atoms with van der Waals surface area (Å²) in [6.07, 6.45) is 6.56. The molecule has 1 nitrogen and oxygen atoms in total. The van der Waals surface area contributed by atoms with Crippen LogP contribution in [0.4, 0.5) is 0 Å². The van der Waals surface area contributed by atoms with E-state index in [4.69, 9.17) is 11.6 Å². The molecule has 0 spiro atoms. The van der Waals surface area contributed by atoms with Crippen molar-refractivity contribution >= 4 is 17.9 Å². The van der Waals surface area contributed by atoms with Crippen molar-refractivity contribution in [2.24, 2.45) is 5.92 Å². The molecule has 1 unspecified atom stereocenters. The minimum atomic E-state index is 0.180. The Bertz CT molecular complexity index is 110. The first-order chi connectivity index (χ1) is 4.85. The van der Waals surface area contributed by atoms with Crippen LogP contribution in [0.25, 0.3) is 0 Å². The van der Waals surface area contributed by atoms with Crippen LogP contribution in [0.5, 0.6) is 0 Å². The Morgan fingerprint density at radius 1 is 1.50 bits per heavy atom. The highest BCUT2D eigenvalue weighted by atomic mass is 35.5. The molecule has 0 radical (unpaired) electrons.